The third-order valence-corrected chi connectivity index (χ3v) is 13.7. The average molecular weight is 850 g/mol. The number of amides is 5. The summed E-state index contributed by atoms with van der Waals surface area (Å²) >= 11 is 0. The maximum atomic E-state index is 13.4. The van der Waals surface area contributed by atoms with Crippen LogP contribution in [0.5, 0.6) is 0 Å². The molecule has 324 valence electrons. The number of hydrogen-bond donors (Lipinski definition) is 4. The van der Waals surface area contributed by atoms with Crippen LogP contribution in [0.2, 0.25) is 0 Å². The smallest absolute Gasteiger partial charge is 0.262 e. The second-order valence-corrected chi connectivity index (χ2v) is 17.8. The summed E-state index contributed by atoms with van der Waals surface area (Å²) in [7, 11) is 0. The molecule has 1 aliphatic carbocycles. The number of benzene rings is 2. The minimum absolute atomic E-state index is 0.0948. The van der Waals surface area contributed by atoms with Crippen LogP contribution in [-0.2, 0) is 16.0 Å². The second-order valence-electron chi connectivity index (χ2n) is 17.8. The van der Waals surface area contributed by atoms with Gasteiger partial charge < -0.3 is 25.8 Å². The number of fused-ring (bicyclic) bond motifs is 2. The van der Waals surface area contributed by atoms with Crippen LogP contribution in [0.4, 0.5) is 34.6 Å². The number of anilines is 6. The van der Waals surface area contributed by atoms with E-state index in [0.717, 1.165) is 99.0 Å². The molecule has 0 radical (unpaired) electrons. The molecule has 4 fully saturated rings. The van der Waals surface area contributed by atoms with Crippen molar-refractivity contribution in [3.63, 3.8) is 0 Å². The van der Waals surface area contributed by atoms with E-state index in [2.05, 4.69) is 72.7 Å². The van der Waals surface area contributed by atoms with Crippen LogP contribution in [-0.4, -0.2) is 112 Å². The largest absolute Gasteiger partial charge is 0.371 e. The highest BCUT2D eigenvalue weighted by atomic mass is 16.2. The molecule has 6 aliphatic rings. The molecule has 4 aromatic rings. The molecule has 16 nitrogen and oxygen atoms in total. The second kappa shape index (κ2) is 16.2. The molecule has 5 aliphatic heterocycles. The molecule has 4 N–H and O–H groups in total. The summed E-state index contributed by atoms with van der Waals surface area (Å²) in [5, 5.41) is 11.7. The third kappa shape index (κ3) is 7.55. The lowest BCUT2D eigenvalue weighted by molar-refractivity contribution is -0.136. The van der Waals surface area contributed by atoms with Crippen molar-refractivity contribution in [1.82, 2.24) is 35.4 Å². The minimum atomic E-state index is -0.969. The van der Waals surface area contributed by atoms with Gasteiger partial charge in [0.1, 0.15) is 23.2 Å². The fourth-order valence-electron chi connectivity index (χ4n) is 10.3. The molecule has 5 amide bonds. The topological polar surface area (TPSA) is 185 Å². The van der Waals surface area contributed by atoms with E-state index in [1.165, 1.54) is 11.8 Å². The molecular formula is C47H51N11O5. The first-order chi connectivity index (χ1) is 30.6. The number of aryl methyl sites for hydroxylation is 1. The van der Waals surface area contributed by atoms with Crippen molar-refractivity contribution in [2.24, 2.45) is 5.41 Å². The number of rotatable bonds is 12. The number of nitrogens with one attached hydrogen (secondary N) is 4. The van der Waals surface area contributed by atoms with Crippen molar-refractivity contribution in [2.45, 2.75) is 69.9 Å². The van der Waals surface area contributed by atoms with Crippen LogP contribution < -0.4 is 31.1 Å². The molecule has 7 heterocycles. The number of piperidine rings is 2. The van der Waals surface area contributed by atoms with Crippen LogP contribution in [0.3, 0.4) is 0 Å². The van der Waals surface area contributed by atoms with E-state index < -0.39 is 23.8 Å². The van der Waals surface area contributed by atoms with Gasteiger partial charge >= 0.3 is 0 Å². The van der Waals surface area contributed by atoms with Gasteiger partial charge in [0, 0.05) is 98.6 Å². The Morgan fingerprint density at radius 2 is 1.62 bits per heavy atom. The molecule has 0 bridgehead atoms. The number of aromatic nitrogens is 3. The number of carbonyl (C=O) groups is 5. The van der Waals surface area contributed by atoms with E-state index >= 15 is 0 Å². The SMILES string of the molecule is C=CCNC(=O)c1cnc(Nc2ccc(N3CCC(N4CC5(CN(c6ccc7c(c6)C(=O)N(C6CCC(=O)NC6=O)C7=O)C5)C4)CC3)cc2)nc1Nc1ccc2c(n1)C(CC)CC2. The van der Waals surface area contributed by atoms with Crippen molar-refractivity contribution < 1.29 is 24.0 Å². The quantitative estimate of drug-likeness (QED) is 0.112. The van der Waals surface area contributed by atoms with Crippen molar-refractivity contribution in [3.05, 3.63) is 101 Å². The van der Waals surface area contributed by atoms with Crippen LogP contribution in [0.25, 0.3) is 0 Å². The van der Waals surface area contributed by atoms with E-state index in [-0.39, 0.29) is 30.1 Å². The van der Waals surface area contributed by atoms with Crippen LogP contribution in [0.1, 0.15) is 93.7 Å². The summed E-state index contributed by atoms with van der Waals surface area (Å²) in [6, 6.07) is 17.3. The zero-order valence-electron chi connectivity index (χ0n) is 35.4. The number of carbonyl (C=O) groups excluding carboxylic acids is 5. The molecule has 2 unspecified atom stereocenters. The predicted octanol–water partition coefficient (Wildman–Crippen LogP) is 4.91. The van der Waals surface area contributed by atoms with Gasteiger partial charge in [0.05, 0.1) is 11.1 Å². The first-order valence-corrected chi connectivity index (χ1v) is 22.1. The highest BCUT2D eigenvalue weighted by molar-refractivity contribution is 6.23. The lowest BCUT2D eigenvalue weighted by Crippen LogP contribution is -2.74. The number of imide groups is 2. The summed E-state index contributed by atoms with van der Waals surface area (Å²) < 4.78 is 0. The van der Waals surface area contributed by atoms with Gasteiger partial charge in [-0.2, -0.15) is 4.98 Å². The van der Waals surface area contributed by atoms with Gasteiger partial charge in [-0.3, -0.25) is 39.1 Å². The van der Waals surface area contributed by atoms with Crippen LogP contribution >= 0.6 is 0 Å². The van der Waals surface area contributed by atoms with Gasteiger partial charge in [0.25, 0.3) is 17.7 Å². The van der Waals surface area contributed by atoms with Crippen molar-refractivity contribution in [1.29, 1.82) is 0 Å². The summed E-state index contributed by atoms with van der Waals surface area (Å²) in [6.07, 6.45) is 8.73. The van der Waals surface area contributed by atoms with Crippen LogP contribution in [0, 0.1) is 5.41 Å². The van der Waals surface area contributed by atoms with E-state index in [1.807, 2.05) is 24.3 Å². The van der Waals surface area contributed by atoms with Crippen molar-refractivity contribution in [2.75, 3.05) is 66.2 Å². The van der Waals surface area contributed by atoms with Gasteiger partial charge in [0.15, 0.2) is 0 Å². The Bertz CT molecular complexity index is 2520. The number of pyridine rings is 1. The first kappa shape index (κ1) is 40.4. The lowest BCUT2D eigenvalue weighted by atomic mass is 9.71. The zero-order chi connectivity index (χ0) is 43.4. The fourth-order valence-corrected chi connectivity index (χ4v) is 10.3. The number of likely N-dealkylation sites (tertiary alicyclic amines) is 1. The minimum Gasteiger partial charge on any atom is -0.371 e. The Morgan fingerprint density at radius 1 is 0.857 bits per heavy atom. The molecule has 1 spiro atoms. The molecule has 2 aromatic heterocycles. The molecule has 0 saturated carbocycles. The Balaban J connectivity index is 0.716. The van der Waals surface area contributed by atoms with E-state index in [4.69, 9.17) is 9.97 Å². The third-order valence-electron chi connectivity index (χ3n) is 13.7. The van der Waals surface area contributed by atoms with Crippen molar-refractivity contribution >= 4 is 64.2 Å². The molecule has 2 atom stereocenters. The van der Waals surface area contributed by atoms with Gasteiger partial charge in [-0.25, -0.2) is 9.97 Å². The summed E-state index contributed by atoms with van der Waals surface area (Å²) in [5.74, 6) is -0.452. The van der Waals surface area contributed by atoms with Crippen LogP contribution in [0.15, 0.2) is 73.4 Å². The molecule has 16 heteroatoms. The molecule has 10 rings (SSSR count). The van der Waals surface area contributed by atoms with Gasteiger partial charge in [-0.1, -0.05) is 19.1 Å². The molecule has 2 aromatic carbocycles. The van der Waals surface area contributed by atoms with E-state index in [1.54, 1.807) is 18.2 Å². The average Bonchev–Trinajstić information content (AvgIpc) is 3.78. The highest BCUT2D eigenvalue weighted by Crippen LogP contribution is 2.45. The van der Waals surface area contributed by atoms with Gasteiger partial charge in [0.2, 0.25) is 17.8 Å². The summed E-state index contributed by atoms with van der Waals surface area (Å²) in [4.78, 5) is 86.2. The predicted molar refractivity (Wildman–Crippen MR) is 238 cm³/mol. The van der Waals surface area contributed by atoms with E-state index in [9.17, 15) is 24.0 Å². The van der Waals surface area contributed by atoms with Gasteiger partial charge in [-0.15, -0.1) is 6.58 Å². The summed E-state index contributed by atoms with van der Waals surface area (Å²) in [5.41, 5.74) is 6.46. The first-order valence-electron chi connectivity index (χ1n) is 22.1. The molecule has 63 heavy (non-hydrogen) atoms. The molecule has 4 saturated heterocycles. The molecular weight excluding hydrogens is 799 g/mol. The Hall–Kier alpha value is -6.68. The highest BCUT2D eigenvalue weighted by Gasteiger charge is 2.54. The Morgan fingerprint density at radius 3 is 2.37 bits per heavy atom. The maximum Gasteiger partial charge on any atom is 0.262 e. The van der Waals surface area contributed by atoms with Gasteiger partial charge in [-0.05, 0) is 92.6 Å². The monoisotopic (exact) mass is 849 g/mol. The maximum absolute atomic E-state index is 13.4. The zero-order valence-corrected chi connectivity index (χ0v) is 35.4. The number of hydrogen-bond acceptors (Lipinski definition) is 13. The standard InChI is InChI=1S/C47H51N11O5/c1-3-19-48-42(60)36-23-49-46(54-41(36)52-38-15-7-29-6-5-28(4-2)40(29)51-38)50-30-8-10-31(11-9-30)55-20-17-32(18-21-55)56-24-47(25-56)26-57(27-47)33-12-13-34-35(22-33)45(63)58(44(34)62)37-14-16-39(59)53-43(37)61/h3,7-13,15,22-23,28,32,37H,1,4-6,14,16-21,24-27H2,2H3,(H,48,60)(H,53,59,61)(H2,49,50,51,52,54). The summed E-state index contributed by atoms with van der Waals surface area (Å²) in [6.45, 7) is 12.0. The normalized spacial score (nSPS) is 21.7. The Labute approximate surface area is 365 Å². The van der Waals surface area contributed by atoms with E-state index in [0.29, 0.717) is 52.8 Å². The lowest BCUT2D eigenvalue weighted by Gasteiger charge is -2.63. The van der Waals surface area contributed by atoms with Crippen molar-refractivity contribution in [3.8, 4) is 0 Å². The fraction of sp³-hybridized carbons (Fsp3) is 0.404. The number of nitrogens with zero attached hydrogens (tertiary/aromatic N) is 7. The Kier molecular flexibility index (Phi) is 10.4.